The third kappa shape index (κ3) is 7.04. The summed E-state index contributed by atoms with van der Waals surface area (Å²) in [5.41, 5.74) is -1.67. The van der Waals surface area contributed by atoms with E-state index in [-0.39, 0.29) is 25.5 Å². The van der Waals surface area contributed by atoms with Gasteiger partial charge in [-0.15, -0.1) is 0 Å². The number of rotatable bonds is 11. The van der Waals surface area contributed by atoms with E-state index in [1.54, 1.807) is 0 Å². The molecule has 0 atom stereocenters. The van der Waals surface area contributed by atoms with Crippen molar-refractivity contribution in [2.75, 3.05) is 24.7 Å². The third-order valence-corrected chi connectivity index (χ3v) is 4.47. The molecule has 1 aromatic rings. The molecule has 0 saturated carbocycles. The van der Waals surface area contributed by atoms with Gasteiger partial charge in [0.15, 0.2) is 11.6 Å². The first-order chi connectivity index (χ1) is 13.7. The van der Waals surface area contributed by atoms with Crippen LogP contribution in [0.5, 0.6) is 0 Å². The number of hydrogen-bond donors (Lipinski definition) is 0. The molecule has 0 bridgehead atoms. The standard InChI is InChI=1S/C20H31F4N3O2/c1-5-8-11-26(27(12-9-6-2)19(28)29-13-10-7-3)18-17(21)15(4)16(14-25-18)20(22,23)24/h14H,5-13H2,1-4H3. The Kier molecular flexibility index (Phi) is 10.2. The summed E-state index contributed by atoms with van der Waals surface area (Å²) in [5.74, 6) is -1.38. The average Bonchev–Trinajstić information content (AvgIpc) is 2.66. The number of anilines is 1. The fourth-order valence-electron chi connectivity index (χ4n) is 2.68. The summed E-state index contributed by atoms with van der Waals surface area (Å²) < 4.78 is 59.5. The monoisotopic (exact) mass is 421 g/mol. The Morgan fingerprint density at radius 1 is 1.07 bits per heavy atom. The molecule has 9 heteroatoms. The number of halogens is 4. The molecule has 0 fully saturated rings. The van der Waals surface area contributed by atoms with Crippen molar-refractivity contribution in [3.8, 4) is 0 Å². The van der Waals surface area contributed by atoms with Crippen LogP contribution >= 0.6 is 0 Å². The highest BCUT2D eigenvalue weighted by molar-refractivity contribution is 5.70. The van der Waals surface area contributed by atoms with Crippen LogP contribution in [-0.2, 0) is 10.9 Å². The second kappa shape index (κ2) is 11.8. The maximum Gasteiger partial charge on any atom is 0.428 e. The first kappa shape index (κ1) is 25.0. The topological polar surface area (TPSA) is 45.7 Å². The summed E-state index contributed by atoms with van der Waals surface area (Å²) in [6.07, 6.45) is -0.434. The zero-order chi connectivity index (χ0) is 22.0. The summed E-state index contributed by atoms with van der Waals surface area (Å²) in [4.78, 5) is 16.4. The maximum absolute atomic E-state index is 14.9. The van der Waals surface area contributed by atoms with Gasteiger partial charge in [0.2, 0.25) is 0 Å². The van der Waals surface area contributed by atoms with Gasteiger partial charge in [-0.1, -0.05) is 40.0 Å². The second-order valence-corrected chi connectivity index (χ2v) is 6.85. The SMILES string of the molecule is CCCCOC(=O)N(CCCC)N(CCCC)c1ncc(C(F)(F)F)c(C)c1F. The predicted octanol–water partition coefficient (Wildman–Crippen LogP) is 6.11. The molecule has 1 amide bonds. The average molecular weight is 421 g/mol. The lowest BCUT2D eigenvalue weighted by Gasteiger charge is -2.35. The van der Waals surface area contributed by atoms with Crippen LogP contribution in [-0.4, -0.2) is 35.8 Å². The highest BCUT2D eigenvalue weighted by Crippen LogP contribution is 2.34. The number of alkyl halides is 3. The van der Waals surface area contributed by atoms with Gasteiger partial charge >= 0.3 is 12.3 Å². The predicted molar refractivity (Wildman–Crippen MR) is 104 cm³/mol. The van der Waals surface area contributed by atoms with Crippen LogP contribution in [0.25, 0.3) is 0 Å². The molecule has 0 saturated heterocycles. The molecule has 0 radical (unpaired) electrons. The fraction of sp³-hybridized carbons (Fsp3) is 0.700. The number of hydrazine groups is 1. The highest BCUT2D eigenvalue weighted by Gasteiger charge is 2.36. The Morgan fingerprint density at radius 2 is 1.66 bits per heavy atom. The Balaban J connectivity index is 3.32. The molecule has 29 heavy (non-hydrogen) atoms. The lowest BCUT2D eigenvalue weighted by atomic mass is 10.1. The van der Waals surface area contributed by atoms with Crippen LogP contribution in [0.2, 0.25) is 0 Å². The van der Waals surface area contributed by atoms with E-state index in [0.29, 0.717) is 25.5 Å². The zero-order valence-electron chi connectivity index (χ0n) is 17.6. The molecule has 5 nitrogen and oxygen atoms in total. The quantitative estimate of drug-likeness (QED) is 0.246. The first-order valence-electron chi connectivity index (χ1n) is 10.1. The highest BCUT2D eigenvalue weighted by atomic mass is 19.4. The largest absolute Gasteiger partial charge is 0.448 e. The van der Waals surface area contributed by atoms with E-state index in [4.69, 9.17) is 4.74 Å². The van der Waals surface area contributed by atoms with Gasteiger partial charge in [0.05, 0.1) is 12.2 Å². The van der Waals surface area contributed by atoms with E-state index in [1.165, 1.54) is 10.0 Å². The minimum atomic E-state index is -4.70. The van der Waals surface area contributed by atoms with Crippen molar-refractivity contribution in [1.29, 1.82) is 0 Å². The molecule has 1 aromatic heterocycles. The summed E-state index contributed by atoms with van der Waals surface area (Å²) >= 11 is 0. The second-order valence-electron chi connectivity index (χ2n) is 6.85. The van der Waals surface area contributed by atoms with Crippen molar-refractivity contribution in [2.24, 2.45) is 0 Å². The first-order valence-corrected chi connectivity index (χ1v) is 10.1. The number of amides is 1. The smallest absolute Gasteiger partial charge is 0.428 e. The molecule has 1 rings (SSSR count). The van der Waals surface area contributed by atoms with Crippen LogP contribution in [0.4, 0.5) is 28.2 Å². The minimum absolute atomic E-state index is 0.224. The molecular weight excluding hydrogens is 390 g/mol. The number of pyridine rings is 1. The molecule has 1 heterocycles. The molecule has 0 N–H and O–H groups in total. The van der Waals surface area contributed by atoms with E-state index in [1.807, 2.05) is 20.8 Å². The van der Waals surface area contributed by atoms with Gasteiger partial charge in [0, 0.05) is 24.8 Å². The van der Waals surface area contributed by atoms with Gasteiger partial charge in [0.25, 0.3) is 0 Å². The third-order valence-electron chi connectivity index (χ3n) is 4.47. The van der Waals surface area contributed by atoms with E-state index in [0.717, 1.165) is 26.2 Å². The van der Waals surface area contributed by atoms with Gasteiger partial charge in [-0.25, -0.2) is 19.2 Å². The normalized spacial score (nSPS) is 11.4. The molecule has 0 aliphatic carbocycles. The van der Waals surface area contributed by atoms with Crippen molar-refractivity contribution in [3.05, 3.63) is 23.1 Å². The van der Waals surface area contributed by atoms with E-state index in [9.17, 15) is 22.4 Å². The number of unbranched alkanes of at least 4 members (excludes halogenated alkanes) is 3. The number of aromatic nitrogens is 1. The number of hydrogen-bond acceptors (Lipinski definition) is 4. The van der Waals surface area contributed by atoms with E-state index in [2.05, 4.69) is 4.98 Å². The van der Waals surface area contributed by atoms with Crippen LogP contribution in [0, 0.1) is 12.7 Å². The molecule has 166 valence electrons. The van der Waals surface area contributed by atoms with Crippen LogP contribution in [0.15, 0.2) is 6.20 Å². The summed E-state index contributed by atoms with van der Waals surface area (Å²) in [5, 5.41) is 2.57. The molecule has 0 spiro atoms. The van der Waals surface area contributed by atoms with Gasteiger partial charge in [-0.3, -0.25) is 5.01 Å². The molecular formula is C20H31F4N3O2. The Bertz CT molecular complexity index is 653. The van der Waals surface area contributed by atoms with Gasteiger partial charge in [-0.05, 0) is 26.2 Å². The van der Waals surface area contributed by atoms with Crippen LogP contribution in [0.3, 0.4) is 0 Å². The number of nitrogens with zero attached hydrogens (tertiary/aromatic N) is 3. The lowest BCUT2D eigenvalue weighted by Crippen LogP contribution is -2.49. The Hall–Kier alpha value is -2.06. The van der Waals surface area contributed by atoms with Crippen molar-refractivity contribution < 1.29 is 27.1 Å². The zero-order valence-corrected chi connectivity index (χ0v) is 17.6. The number of carbonyl (C=O) groups excluding carboxylic acids is 1. The van der Waals surface area contributed by atoms with Gasteiger partial charge in [0.1, 0.15) is 0 Å². The maximum atomic E-state index is 14.9. The molecule has 0 unspecified atom stereocenters. The van der Waals surface area contributed by atoms with Crippen molar-refractivity contribution in [3.63, 3.8) is 0 Å². The summed E-state index contributed by atoms with van der Waals surface area (Å²) in [7, 11) is 0. The van der Waals surface area contributed by atoms with E-state index < -0.39 is 29.2 Å². The number of ether oxygens (including phenoxy) is 1. The summed E-state index contributed by atoms with van der Waals surface area (Å²) in [6.45, 7) is 7.61. The van der Waals surface area contributed by atoms with Crippen molar-refractivity contribution in [1.82, 2.24) is 9.99 Å². The van der Waals surface area contributed by atoms with Crippen molar-refractivity contribution >= 4 is 11.9 Å². The summed E-state index contributed by atoms with van der Waals surface area (Å²) in [6, 6.07) is 0. The van der Waals surface area contributed by atoms with E-state index >= 15 is 0 Å². The van der Waals surface area contributed by atoms with Crippen LogP contribution in [0.1, 0.15) is 70.4 Å². The van der Waals surface area contributed by atoms with Gasteiger partial charge < -0.3 is 4.74 Å². The van der Waals surface area contributed by atoms with Gasteiger partial charge in [-0.2, -0.15) is 13.2 Å². The Labute approximate surface area is 170 Å². The van der Waals surface area contributed by atoms with Crippen molar-refractivity contribution in [2.45, 2.75) is 72.4 Å². The molecule has 0 aliphatic heterocycles. The fourth-order valence-corrected chi connectivity index (χ4v) is 2.68. The van der Waals surface area contributed by atoms with Crippen LogP contribution < -0.4 is 5.01 Å². The Morgan fingerprint density at radius 3 is 2.21 bits per heavy atom. The molecule has 0 aliphatic rings. The number of carbonyl (C=O) groups is 1. The lowest BCUT2D eigenvalue weighted by molar-refractivity contribution is -0.138. The minimum Gasteiger partial charge on any atom is -0.448 e. The molecule has 0 aromatic carbocycles.